The summed E-state index contributed by atoms with van der Waals surface area (Å²) in [5.74, 6) is 0.697. The summed E-state index contributed by atoms with van der Waals surface area (Å²) in [6, 6.07) is 15.4. The highest BCUT2D eigenvalue weighted by molar-refractivity contribution is 5.97. The molecule has 3 aromatic carbocycles. The Morgan fingerprint density at radius 3 is 2.10 bits per heavy atom. The minimum atomic E-state index is -0.712. The van der Waals surface area contributed by atoms with Crippen molar-refractivity contribution in [1.29, 1.82) is 0 Å². The van der Waals surface area contributed by atoms with Gasteiger partial charge in [-0.3, -0.25) is 0 Å². The lowest BCUT2D eigenvalue weighted by Crippen LogP contribution is -2.10. The van der Waals surface area contributed by atoms with Crippen LogP contribution in [0.4, 0.5) is 0 Å². The zero-order chi connectivity index (χ0) is 27.7. The summed E-state index contributed by atoms with van der Waals surface area (Å²) in [5, 5.41) is 1.05. The number of carbonyl (C=O) groups is 1. The Morgan fingerprint density at radius 1 is 0.718 bits per heavy atom. The second-order valence-corrected chi connectivity index (χ2v) is 8.27. The van der Waals surface area contributed by atoms with Gasteiger partial charge in [0.1, 0.15) is 11.3 Å². The van der Waals surface area contributed by atoms with Crippen molar-refractivity contribution >= 4 is 27.9 Å². The molecule has 0 bridgehead atoms. The van der Waals surface area contributed by atoms with Crippen molar-refractivity contribution in [3.63, 3.8) is 0 Å². The number of hydrogen-bond donors (Lipinski definition) is 0. The lowest BCUT2D eigenvalue weighted by molar-refractivity contribution is 0.0734. The van der Waals surface area contributed by atoms with Gasteiger partial charge in [-0.2, -0.15) is 0 Å². The summed E-state index contributed by atoms with van der Waals surface area (Å²) < 4.78 is 37.6. The van der Waals surface area contributed by atoms with E-state index >= 15 is 0 Å². The number of para-hydroxylation sites is 1. The van der Waals surface area contributed by atoms with E-state index in [0.29, 0.717) is 33.4 Å². The molecule has 0 saturated heterocycles. The van der Waals surface area contributed by atoms with E-state index in [0.717, 1.165) is 0 Å². The smallest absolute Gasteiger partial charge is 0.344 e. The molecular formula is C29H22O10. The molecule has 0 unspecified atom stereocenters. The third kappa shape index (κ3) is 4.63. The van der Waals surface area contributed by atoms with Crippen molar-refractivity contribution in [3.8, 4) is 39.9 Å². The third-order valence-electron chi connectivity index (χ3n) is 6.06. The van der Waals surface area contributed by atoms with Crippen molar-refractivity contribution in [2.24, 2.45) is 0 Å². The molecule has 39 heavy (non-hydrogen) atoms. The molecule has 0 aliphatic carbocycles. The summed E-state index contributed by atoms with van der Waals surface area (Å²) >= 11 is 0. The summed E-state index contributed by atoms with van der Waals surface area (Å²) in [6.45, 7) is 0. The van der Waals surface area contributed by atoms with E-state index in [-0.39, 0.29) is 34.0 Å². The van der Waals surface area contributed by atoms with Crippen LogP contribution in [-0.4, -0.2) is 34.4 Å². The molecule has 2 aromatic heterocycles. The maximum absolute atomic E-state index is 12.9. The van der Waals surface area contributed by atoms with E-state index in [4.69, 9.17) is 32.5 Å². The predicted molar refractivity (Wildman–Crippen MR) is 142 cm³/mol. The normalized spacial score (nSPS) is 10.9. The lowest BCUT2D eigenvalue weighted by atomic mass is 10.0. The molecule has 0 fully saturated rings. The van der Waals surface area contributed by atoms with Crippen molar-refractivity contribution in [1.82, 2.24) is 0 Å². The van der Waals surface area contributed by atoms with Crippen LogP contribution in [0.5, 0.6) is 28.7 Å². The molecule has 2 heterocycles. The van der Waals surface area contributed by atoms with Crippen LogP contribution in [0.1, 0.15) is 10.4 Å². The Morgan fingerprint density at radius 2 is 1.44 bits per heavy atom. The molecule has 0 radical (unpaired) electrons. The summed E-state index contributed by atoms with van der Waals surface area (Å²) in [4.78, 5) is 38.3. The molecule has 0 atom stereocenters. The highest BCUT2D eigenvalue weighted by Crippen LogP contribution is 2.38. The van der Waals surface area contributed by atoms with Gasteiger partial charge in [-0.05, 0) is 36.4 Å². The van der Waals surface area contributed by atoms with Crippen LogP contribution in [0.25, 0.3) is 33.1 Å². The van der Waals surface area contributed by atoms with Gasteiger partial charge in [0.2, 0.25) is 5.75 Å². The largest absolute Gasteiger partial charge is 0.493 e. The van der Waals surface area contributed by atoms with Gasteiger partial charge in [0, 0.05) is 28.5 Å². The maximum Gasteiger partial charge on any atom is 0.344 e. The topological polar surface area (TPSA) is 124 Å². The van der Waals surface area contributed by atoms with E-state index in [1.165, 1.54) is 58.8 Å². The van der Waals surface area contributed by atoms with Crippen LogP contribution in [0.15, 0.2) is 79.1 Å². The van der Waals surface area contributed by atoms with Gasteiger partial charge >= 0.3 is 17.2 Å². The first-order chi connectivity index (χ1) is 18.9. The average Bonchev–Trinajstić information content (AvgIpc) is 2.94. The molecule has 10 heteroatoms. The predicted octanol–water partition coefficient (Wildman–Crippen LogP) is 4.82. The van der Waals surface area contributed by atoms with Gasteiger partial charge in [0.05, 0.1) is 39.6 Å². The highest BCUT2D eigenvalue weighted by Gasteiger charge is 2.20. The number of fused-ring (bicyclic) bond motifs is 2. The molecule has 10 nitrogen and oxygen atoms in total. The molecule has 5 rings (SSSR count). The molecule has 0 aliphatic heterocycles. The Balaban J connectivity index is 1.55. The van der Waals surface area contributed by atoms with Gasteiger partial charge in [-0.25, -0.2) is 14.4 Å². The number of rotatable bonds is 7. The molecular weight excluding hydrogens is 508 g/mol. The Hall–Kier alpha value is -5.25. The van der Waals surface area contributed by atoms with Crippen LogP contribution >= 0.6 is 0 Å². The molecule has 5 aromatic rings. The molecule has 198 valence electrons. The minimum absolute atomic E-state index is 0.108. The van der Waals surface area contributed by atoms with E-state index < -0.39 is 17.2 Å². The summed E-state index contributed by atoms with van der Waals surface area (Å²) in [7, 11) is 5.79. The van der Waals surface area contributed by atoms with Crippen molar-refractivity contribution < 1.29 is 37.3 Å². The number of esters is 1. The van der Waals surface area contributed by atoms with E-state index in [2.05, 4.69) is 0 Å². The number of benzene rings is 3. The summed E-state index contributed by atoms with van der Waals surface area (Å²) in [5.41, 5.74) is -0.338. The lowest BCUT2D eigenvalue weighted by Gasteiger charge is -2.14. The first-order valence-corrected chi connectivity index (χ1v) is 11.6. The second kappa shape index (κ2) is 10.3. The standard InChI is InChI=1S/C29H22O10/c1-33-21-7-5-6-15-10-20(29(32)39-26(15)21)19-14-25(30)38-22-13-17(8-9-18(19)22)37-28(31)16-11-23(34-2)27(36-4)24(12-16)35-3/h5-14H,1-4H3. The SMILES string of the molecule is COc1cc(C(=O)Oc2ccc3c(-c4cc5cccc(OC)c5oc4=O)cc(=O)oc3c2)cc(OC)c1OC. The first kappa shape index (κ1) is 25.4. The van der Waals surface area contributed by atoms with Crippen LogP contribution in [0.2, 0.25) is 0 Å². The van der Waals surface area contributed by atoms with Crippen molar-refractivity contribution in [3.05, 3.63) is 87.1 Å². The van der Waals surface area contributed by atoms with Crippen LogP contribution in [-0.2, 0) is 0 Å². The number of hydrogen-bond acceptors (Lipinski definition) is 10. The minimum Gasteiger partial charge on any atom is -0.493 e. The number of ether oxygens (including phenoxy) is 5. The molecule has 0 saturated carbocycles. The van der Waals surface area contributed by atoms with Gasteiger partial charge < -0.3 is 32.5 Å². The number of methoxy groups -OCH3 is 4. The van der Waals surface area contributed by atoms with Crippen molar-refractivity contribution in [2.45, 2.75) is 0 Å². The van der Waals surface area contributed by atoms with Gasteiger partial charge in [-0.15, -0.1) is 0 Å². The van der Waals surface area contributed by atoms with Crippen LogP contribution in [0.3, 0.4) is 0 Å². The quantitative estimate of drug-likeness (QED) is 0.164. The summed E-state index contributed by atoms with van der Waals surface area (Å²) in [6.07, 6.45) is 0. The fourth-order valence-corrected chi connectivity index (χ4v) is 4.26. The van der Waals surface area contributed by atoms with Gasteiger partial charge in [-0.1, -0.05) is 12.1 Å². The van der Waals surface area contributed by atoms with Crippen LogP contribution in [0, 0.1) is 0 Å². The second-order valence-electron chi connectivity index (χ2n) is 8.27. The van der Waals surface area contributed by atoms with Crippen LogP contribution < -0.4 is 34.9 Å². The average molecular weight is 530 g/mol. The van der Waals surface area contributed by atoms with Crippen molar-refractivity contribution in [2.75, 3.05) is 28.4 Å². The number of carbonyl (C=O) groups excluding carboxylic acids is 1. The fraction of sp³-hybridized carbons (Fsp3) is 0.138. The molecule has 0 aliphatic rings. The molecule has 0 spiro atoms. The van der Waals surface area contributed by atoms with E-state index in [1.807, 2.05) is 0 Å². The third-order valence-corrected chi connectivity index (χ3v) is 6.06. The Bertz CT molecular complexity index is 1820. The fourth-order valence-electron chi connectivity index (χ4n) is 4.26. The van der Waals surface area contributed by atoms with E-state index in [9.17, 15) is 14.4 Å². The maximum atomic E-state index is 12.9. The van der Waals surface area contributed by atoms with Gasteiger partial charge in [0.25, 0.3) is 0 Å². The zero-order valence-electron chi connectivity index (χ0n) is 21.4. The Kier molecular flexibility index (Phi) is 6.68. The zero-order valence-corrected chi connectivity index (χ0v) is 21.4. The monoisotopic (exact) mass is 530 g/mol. The molecule has 0 amide bonds. The van der Waals surface area contributed by atoms with E-state index in [1.54, 1.807) is 30.3 Å². The van der Waals surface area contributed by atoms with Gasteiger partial charge in [0.15, 0.2) is 22.8 Å². The first-order valence-electron chi connectivity index (χ1n) is 11.6. The Labute approximate surface area is 220 Å². The highest BCUT2D eigenvalue weighted by atomic mass is 16.5. The molecule has 0 N–H and O–H groups in total.